The Kier molecular flexibility index (Phi) is 3.47. The van der Waals surface area contributed by atoms with E-state index in [4.69, 9.17) is 15.3 Å². The molecular formula is C14H11NO4. The van der Waals surface area contributed by atoms with Gasteiger partial charge in [0.1, 0.15) is 11.5 Å². The summed E-state index contributed by atoms with van der Waals surface area (Å²) < 4.78 is 5.45. The molecule has 0 radical (unpaired) electrons. The molecule has 96 valence electrons. The van der Waals surface area contributed by atoms with Crippen molar-refractivity contribution < 1.29 is 19.1 Å². The van der Waals surface area contributed by atoms with Crippen LogP contribution in [0.25, 0.3) is 17.4 Å². The Bertz CT molecular complexity index is 655. The largest absolute Gasteiger partial charge is 0.478 e. The lowest BCUT2D eigenvalue weighted by atomic mass is 10.1. The summed E-state index contributed by atoms with van der Waals surface area (Å²) in [6.07, 6.45) is 2.60. The fourth-order valence-electron chi connectivity index (χ4n) is 1.64. The fraction of sp³-hybridized carbons (Fsp3) is 0. The number of carboxylic acids is 1. The van der Waals surface area contributed by atoms with Crippen molar-refractivity contribution in [2.24, 2.45) is 5.73 Å². The van der Waals surface area contributed by atoms with Crippen LogP contribution in [-0.4, -0.2) is 17.0 Å². The van der Waals surface area contributed by atoms with E-state index in [1.807, 2.05) is 0 Å². The van der Waals surface area contributed by atoms with Crippen molar-refractivity contribution in [3.05, 3.63) is 53.8 Å². The lowest BCUT2D eigenvalue weighted by Gasteiger charge is -2.01. The molecule has 0 saturated heterocycles. The van der Waals surface area contributed by atoms with Crippen molar-refractivity contribution in [3.8, 4) is 11.3 Å². The summed E-state index contributed by atoms with van der Waals surface area (Å²) in [6.45, 7) is 0. The van der Waals surface area contributed by atoms with E-state index in [0.717, 1.165) is 0 Å². The first kappa shape index (κ1) is 12.6. The molecule has 0 atom stereocenters. The number of hydrogen-bond donors (Lipinski definition) is 2. The van der Waals surface area contributed by atoms with Gasteiger partial charge >= 0.3 is 5.97 Å². The zero-order valence-electron chi connectivity index (χ0n) is 9.87. The van der Waals surface area contributed by atoms with Crippen molar-refractivity contribution in [3.63, 3.8) is 0 Å². The van der Waals surface area contributed by atoms with E-state index in [1.165, 1.54) is 18.2 Å². The summed E-state index contributed by atoms with van der Waals surface area (Å²) in [6, 6.07) is 9.80. The number of carbonyl (C=O) groups is 2. The van der Waals surface area contributed by atoms with E-state index in [-0.39, 0.29) is 5.56 Å². The molecule has 2 aromatic rings. The quantitative estimate of drug-likeness (QED) is 0.820. The minimum absolute atomic E-state index is 0.155. The molecule has 1 aromatic carbocycles. The molecule has 0 aliphatic carbocycles. The van der Waals surface area contributed by atoms with Gasteiger partial charge in [0.15, 0.2) is 0 Å². The van der Waals surface area contributed by atoms with Crippen molar-refractivity contribution in [1.82, 2.24) is 0 Å². The Morgan fingerprint density at radius 2 is 1.89 bits per heavy atom. The van der Waals surface area contributed by atoms with Gasteiger partial charge in [-0.25, -0.2) is 4.79 Å². The van der Waals surface area contributed by atoms with Crippen molar-refractivity contribution in [2.75, 3.05) is 0 Å². The molecule has 19 heavy (non-hydrogen) atoms. The van der Waals surface area contributed by atoms with E-state index in [1.54, 1.807) is 30.3 Å². The van der Waals surface area contributed by atoms with E-state index in [0.29, 0.717) is 17.1 Å². The number of nitrogens with two attached hydrogens (primary N) is 1. The normalized spacial score (nSPS) is 10.7. The highest BCUT2D eigenvalue weighted by Gasteiger charge is 2.13. The van der Waals surface area contributed by atoms with Crippen LogP contribution in [-0.2, 0) is 4.79 Å². The molecule has 0 spiro atoms. The zero-order chi connectivity index (χ0) is 13.8. The summed E-state index contributed by atoms with van der Waals surface area (Å²) in [7, 11) is 0. The molecule has 0 bridgehead atoms. The molecular weight excluding hydrogens is 246 g/mol. The number of rotatable bonds is 4. The average Bonchev–Trinajstić information content (AvgIpc) is 2.85. The second-order valence-electron chi connectivity index (χ2n) is 3.79. The highest BCUT2D eigenvalue weighted by molar-refractivity contribution is 5.95. The molecule has 5 nitrogen and oxygen atoms in total. The molecule has 0 aliphatic rings. The predicted molar refractivity (Wildman–Crippen MR) is 69.3 cm³/mol. The van der Waals surface area contributed by atoms with Crippen LogP contribution < -0.4 is 5.73 Å². The number of aromatic carboxylic acids is 1. The van der Waals surface area contributed by atoms with Crippen molar-refractivity contribution in [2.45, 2.75) is 0 Å². The third-order valence-electron chi connectivity index (χ3n) is 2.46. The molecule has 2 rings (SSSR count). The Morgan fingerprint density at radius 1 is 1.16 bits per heavy atom. The van der Waals surface area contributed by atoms with Gasteiger partial charge in [0.2, 0.25) is 5.91 Å². The maximum Gasteiger partial charge on any atom is 0.336 e. The average molecular weight is 257 g/mol. The van der Waals surface area contributed by atoms with Crippen LogP contribution in [0, 0.1) is 0 Å². The third kappa shape index (κ3) is 2.90. The maximum atomic E-state index is 11.1. The van der Waals surface area contributed by atoms with Gasteiger partial charge in [-0.05, 0) is 24.3 Å². The summed E-state index contributed by atoms with van der Waals surface area (Å²) in [5.41, 5.74) is 5.61. The molecule has 3 N–H and O–H groups in total. The van der Waals surface area contributed by atoms with Gasteiger partial charge in [-0.15, -0.1) is 0 Å². The van der Waals surface area contributed by atoms with Gasteiger partial charge in [-0.2, -0.15) is 0 Å². The van der Waals surface area contributed by atoms with Crippen molar-refractivity contribution in [1.29, 1.82) is 0 Å². The molecule has 0 fully saturated rings. The van der Waals surface area contributed by atoms with Crippen LogP contribution in [0.2, 0.25) is 0 Å². The van der Waals surface area contributed by atoms with E-state index < -0.39 is 11.9 Å². The lowest BCUT2D eigenvalue weighted by Crippen LogP contribution is -2.04. The third-order valence-corrected chi connectivity index (χ3v) is 2.46. The zero-order valence-corrected chi connectivity index (χ0v) is 9.87. The Hall–Kier alpha value is -2.82. The second kappa shape index (κ2) is 5.22. The first-order chi connectivity index (χ1) is 9.08. The van der Waals surface area contributed by atoms with Gasteiger partial charge in [0.05, 0.1) is 5.56 Å². The molecule has 1 aromatic heterocycles. The lowest BCUT2D eigenvalue weighted by molar-refractivity contribution is -0.113. The molecule has 1 amide bonds. The topological polar surface area (TPSA) is 93.5 Å². The highest BCUT2D eigenvalue weighted by atomic mass is 16.4. The molecule has 5 heteroatoms. The van der Waals surface area contributed by atoms with Gasteiger partial charge in [-0.1, -0.05) is 18.2 Å². The monoisotopic (exact) mass is 257 g/mol. The van der Waals surface area contributed by atoms with Crippen LogP contribution in [0.4, 0.5) is 0 Å². The van der Waals surface area contributed by atoms with Crippen LogP contribution in [0.1, 0.15) is 16.1 Å². The Morgan fingerprint density at radius 3 is 2.58 bits per heavy atom. The van der Waals surface area contributed by atoms with Crippen LogP contribution in [0.3, 0.4) is 0 Å². The van der Waals surface area contributed by atoms with E-state index >= 15 is 0 Å². The number of furan rings is 1. The Balaban J connectivity index is 2.38. The van der Waals surface area contributed by atoms with Crippen LogP contribution in [0.15, 0.2) is 46.9 Å². The summed E-state index contributed by atoms with van der Waals surface area (Å²) in [4.78, 5) is 21.7. The number of hydrogen-bond acceptors (Lipinski definition) is 3. The highest BCUT2D eigenvalue weighted by Crippen LogP contribution is 2.26. The number of benzene rings is 1. The van der Waals surface area contributed by atoms with Crippen LogP contribution in [0.5, 0.6) is 0 Å². The Labute approximate surface area is 109 Å². The number of primary amides is 1. The molecule has 0 aliphatic heterocycles. The smallest absolute Gasteiger partial charge is 0.336 e. The minimum Gasteiger partial charge on any atom is -0.478 e. The summed E-state index contributed by atoms with van der Waals surface area (Å²) in [5, 5.41) is 9.09. The van der Waals surface area contributed by atoms with E-state index in [2.05, 4.69) is 0 Å². The molecule has 0 unspecified atom stereocenters. The molecule has 0 saturated carbocycles. The first-order valence-electron chi connectivity index (χ1n) is 5.48. The van der Waals surface area contributed by atoms with E-state index in [9.17, 15) is 9.59 Å². The SMILES string of the molecule is NC(=O)/C=C\c1ccc(-c2ccccc2C(=O)O)o1. The minimum atomic E-state index is -1.03. The molecule has 1 heterocycles. The second-order valence-corrected chi connectivity index (χ2v) is 3.79. The number of carbonyl (C=O) groups excluding carboxylic acids is 1. The van der Waals surface area contributed by atoms with Gasteiger partial charge in [-0.3, -0.25) is 4.79 Å². The van der Waals surface area contributed by atoms with Gasteiger partial charge < -0.3 is 15.3 Å². The van der Waals surface area contributed by atoms with Gasteiger partial charge in [0.25, 0.3) is 0 Å². The van der Waals surface area contributed by atoms with Crippen molar-refractivity contribution >= 4 is 18.0 Å². The fourth-order valence-corrected chi connectivity index (χ4v) is 1.64. The first-order valence-corrected chi connectivity index (χ1v) is 5.48. The maximum absolute atomic E-state index is 11.1. The number of amides is 1. The standard InChI is InChI=1S/C14H11NO4/c15-13(16)8-6-9-5-7-12(19-9)10-3-1-2-4-11(10)14(17)18/h1-8H,(H2,15,16)(H,17,18)/b8-6-. The van der Waals surface area contributed by atoms with Gasteiger partial charge in [0, 0.05) is 11.6 Å². The summed E-state index contributed by atoms with van der Waals surface area (Å²) >= 11 is 0. The predicted octanol–water partition coefficient (Wildman–Crippen LogP) is 2.14. The summed E-state index contributed by atoms with van der Waals surface area (Å²) in [5.74, 6) is -0.763. The number of carboxylic acid groups (broad SMARTS) is 1. The van der Waals surface area contributed by atoms with Crippen LogP contribution >= 0.6 is 0 Å².